The van der Waals surface area contributed by atoms with Gasteiger partial charge in [0.05, 0.1) is 100 Å². The van der Waals surface area contributed by atoms with E-state index in [-0.39, 0.29) is 111 Å². The number of esters is 2. The summed E-state index contributed by atoms with van der Waals surface area (Å²) in [6.07, 6.45) is 18.8. The number of rotatable bonds is 8. The van der Waals surface area contributed by atoms with E-state index in [9.17, 15) is 28.8 Å². The number of benzene rings is 2. The van der Waals surface area contributed by atoms with Gasteiger partial charge in [-0.25, -0.2) is 32.5 Å². The topological polar surface area (TPSA) is 234 Å². The monoisotopic (exact) mass is 1340 g/mol. The smallest absolute Gasteiger partial charge is 0.307 e. The first kappa shape index (κ1) is 69.5. The van der Waals surface area contributed by atoms with Gasteiger partial charge < -0.3 is 57.3 Å². The van der Waals surface area contributed by atoms with E-state index >= 15 is 0 Å². The van der Waals surface area contributed by atoms with Crippen LogP contribution >= 0.6 is 0 Å². The minimum Gasteiger partial charge on any atom is -0.540 e. The van der Waals surface area contributed by atoms with Gasteiger partial charge in [-0.1, -0.05) is 78.3 Å². The summed E-state index contributed by atoms with van der Waals surface area (Å²) in [5.74, 6) is 1.09. The van der Waals surface area contributed by atoms with Gasteiger partial charge in [0.15, 0.2) is 0 Å². The molecule has 2 amide bonds. The molecule has 3 aliphatic carbocycles. The van der Waals surface area contributed by atoms with Crippen LogP contribution in [0.4, 0.5) is 0 Å². The van der Waals surface area contributed by atoms with Crippen molar-refractivity contribution in [3.8, 4) is 23.3 Å². The second-order valence-electron chi connectivity index (χ2n) is 28.2. The third kappa shape index (κ3) is 14.1. The summed E-state index contributed by atoms with van der Waals surface area (Å²) >= 11 is 0. The number of nitrogens with zero attached hydrogens (tertiary/aromatic N) is 6. The molecule has 4 bridgehead atoms. The molecule has 0 N–H and O–H groups in total. The third-order valence-electron chi connectivity index (χ3n) is 22.2. The zero-order valence-electron chi connectivity index (χ0n) is 54.4. The summed E-state index contributed by atoms with van der Waals surface area (Å²) < 4.78 is 47.7. The normalized spacial score (nSPS) is 32.8. The van der Waals surface area contributed by atoms with Gasteiger partial charge >= 0.3 is 11.9 Å². The van der Waals surface area contributed by atoms with Gasteiger partial charge in [-0.15, -0.1) is 0 Å². The Morgan fingerprint density at radius 2 is 1.05 bits per heavy atom. The largest absolute Gasteiger partial charge is 0.540 e. The fraction of sp³-hybridized carbons (Fsp3) is 0.686. The van der Waals surface area contributed by atoms with E-state index in [0.717, 1.165) is 99.5 Å². The predicted molar refractivity (Wildman–Crippen MR) is 331 cm³/mol. The second-order valence-corrected chi connectivity index (χ2v) is 28.2. The summed E-state index contributed by atoms with van der Waals surface area (Å²) in [6.45, 7) is 11.9. The first-order chi connectivity index (χ1) is 43.5. The van der Waals surface area contributed by atoms with Crippen LogP contribution in [0.1, 0.15) is 155 Å². The van der Waals surface area contributed by atoms with Gasteiger partial charge in [0.2, 0.25) is 23.6 Å². The fourth-order valence-electron chi connectivity index (χ4n) is 16.5. The molecule has 4 saturated heterocycles. The maximum Gasteiger partial charge on any atom is 0.307 e. The van der Waals surface area contributed by atoms with Crippen LogP contribution in [0.3, 0.4) is 0 Å². The van der Waals surface area contributed by atoms with Crippen LogP contribution in [-0.4, -0.2) is 156 Å². The van der Waals surface area contributed by atoms with Gasteiger partial charge in [-0.05, 0) is 137 Å². The Morgan fingerprint density at radius 3 is 1.52 bits per heavy atom. The molecule has 20 nitrogen and oxygen atoms in total. The minimum absolute atomic E-state index is 0. The molecule has 2 aromatic carbocycles. The molecule has 8 heterocycles. The number of aromatic nitrogens is 4. The summed E-state index contributed by atoms with van der Waals surface area (Å²) in [5, 5.41) is 0. The molecule has 9 aliphatic rings. The molecule has 6 aliphatic heterocycles. The quantitative estimate of drug-likeness (QED) is 0.118. The molecule has 4 aromatic rings. The molecule has 496 valence electrons. The molecule has 13 rings (SSSR count). The number of hydrogen-bond donors (Lipinski definition) is 0. The zero-order valence-corrected chi connectivity index (χ0v) is 57.2. The van der Waals surface area contributed by atoms with Crippen LogP contribution in [-0.2, 0) is 97.7 Å². The van der Waals surface area contributed by atoms with Crippen molar-refractivity contribution in [3.05, 3.63) is 47.8 Å². The summed E-state index contributed by atoms with van der Waals surface area (Å²) in [5.41, 5.74) is 2.82. The summed E-state index contributed by atoms with van der Waals surface area (Å²) in [6, 6.07) is 9.66. The van der Waals surface area contributed by atoms with Crippen molar-refractivity contribution in [2.45, 2.75) is 193 Å². The van der Waals surface area contributed by atoms with Crippen LogP contribution in [0.25, 0.3) is 22.1 Å². The number of aryl methyl sites for hydroxylation is 2. The summed E-state index contributed by atoms with van der Waals surface area (Å²) in [7, 11) is 3.23. The fourth-order valence-corrected chi connectivity index (χ4v) is 16.5. The first-order valence-corrected chi connectivity index (χ1v) is 33.5. The van der Waals surface area contributed by atoms with E-state index in [1.165, 1.54) is 6.42 Å². The van der Waals surface area contributed by atoms with Gasteiger partial charge in [-0.2, -0.15) is 0 Å². The van der Waals surface area contributed by atoms with Crippen molar-refractivity contribution in [1.82, 2.24) is 29.7 Å². The number of amides is 2. The molecule has 22 heteroatoms. The second kappa shape index (κ2) is 29.3. The molecule has 14 atom stereocenters. The number of carbonyl (C=O) groups is 4. The van der Waals surface area contributed by atoms with Crippen LogP contribution in [0.15, 0.2) is 36.4 Å². The van der Waals surface area contributed by atoms with Crippen LogP contribution in [0.5, 0.6) is 23.3 Å². The molecular formula is C70H90N6O14V2-2. The molecule has 2 aromatic heterocycles. The maximum atomic E-state index is 14.4. The van der Waals surface area contributed by atoms with E-state index in [4.69, 9.17) is 57.8 Å². The minimum atomic E-state index is -0.800. The molecule has 0 spiro atoms. The van der Waals surface area contributed by atoms with E-state index in [1.807, 2.05) is 64.1 Å². The van der Waals surface area contributed by atoms with Crippen molar-refractivity contribution in [2.24, 2.45) is 58.2 Å². The van der Waals surface area contributed by atoms with Crippen molar-refractivity contribution in [1.29, 1.82) is 0 Å². The Balaban J connectivity index is 0.000000197. The SMILES string of the molecule is CC[C@@H]1[C@@H]2CN(C(=O)[C@H](C3(C)COC3)CC(=O)O[C@@H]3CC4CC4[C@H]3CCCCCc3nc4ccc(OC)cc4nc3O2)[C@@H]1[C-]=O.CC[C@@H]1[C@@H]2CN(C(=O)[C@H](C3(C)COC3)CC(=O)O[C@]3(C)CCC[C@H]3CCCCCc3nc4ccc(OC)cc4nc3O2)[C@@H]1[C-]=O.[V].[V]. The molecule has 2 radical (unpaired) electrons. The van der Waals surface area contributed by atoms with E-state index in [1.54, 1.807) is 24.0 Å². The van der Waals surface area contributed by atoms with Crippen LogP contribution in [0, 0.1) is 58.2 Å². The Morgan fingerprint density at radius 1 is 0.565 bits per heavy atom. The molecule has 3 saturated carbocycles. The number of methoxy groups -OCH3 is 2. The van der Waals surface area contributed by atoms with E-state index in [2.05, 4.69) is 19.5 Å². The molecule has 92 heavy (non-hydrogen) atoms. The number of ether oxygens (including phenoxy) is 8. The average molecular weight is 1340 g/mol. The van der Waals surface area contributed by atoms with Crippen LogP contribution < -0.4 is 18.9 Å². The third-order valence-corrected chi connectivity index (χ3v) is 22.2. The summed E-state index contributed by atoms with van der Waals surface area (Å²) in [4.78, 5) is 104. The van der Waals surface area contributed by atoms with E-state index in [0.29, 0.717) is 104 Å². The Hall–Kier alpha value is -5.37. The maximum absolute atomic E-state index is 14.4. The Labute approximate surface area is 564 Å². The number of carbonyl (C=O) groups excluding carboxylic acids is 6. The average Bonchev–Trinajstić information content (AvgIpc) is 1.52. The predicted octanol–water partition coefficient (Wildman–Crippen LogP) is 9.45. The van der Waals surface area contributed by atoms with Gasteiger partial charge in [0.25, 0.3) is 0 Å². The zero-order chi connectivity index (χ0) is 63.1. The number of fused-ring (bicyclic) bond motifs is 12. The van der Waals surface area contributed by atoms with Crippen molar-refractivity contribution in [3.63, 3.8) is 0 Å². The van der Waals surface area contributed by atoms with Crippen LogP contribution in [0.2, 0.25) is 0 Å². The molecular weight excluding hydrogens is 1250 g/mol. The number of hydrogen-bond acceptors (Lipinski definition) is 18. The van der Waals surface area contributed by atoms with Gasteiger partial charge in [0.1, 0.15) is 46.8 Å². The first-order valence-electron chi connectivity index (χ1n) is 33.5. The van der Waals surface area contributed by atoms with Crippen molar-refractivity contribution >= 4 is 58.4 Å². The van der Waals surface area contributed by atoms with Crippen molar-refractivity contribution in [2.75, 3.05) is 53.7 Å². The standard InChI is InChI=1S/C35H44N3O7.C35H46N3O7.2V/c1-4-22-29(17-39)38-16-31(22)45-33-27(36-26-11-10-21(42-3)14-28(26)37-33)9-7-5-6-8-23-24-12-20(24)13-30(23)44-32(40)15-25(34(38)41)35(2)18-43-19-35;1-5-24-29(19-39)38-18-30(24)44-32-27(36-26-14-13-23(42-4)16-28(26)37-32)12-8-6-7-10-22-11-9-15-35(22,3)45-31(40)17-25(33(38)41)34(2)20-43-21-34;;/h10-11,14,20,22-25,29-31H,4-9,12-13,15-16,18-19H2,1-3H3;13-14,16,22,24-25,29-30H,5-12,15,17-18,20-21H2,1-4H3;;/q2*-1;;/t20?,22-,23+,24?,25+,29+,30+,31-;22-,24+,25-,29-,30+,35-;;/m01../s1. The van der Waals surface area contributed by atoms with E-state index < -0.39 is 52.6 Å². The Bertz CT molecular complexity index is 3230. The Kier molecular flexibility index (Phi) is 22.1. The van der Waals surface area contributed by atoms with Gasteiger partial charge in [-0.3, -0.25) is 19.2 Å². The van der Waals surface area contributed by atoms with Crippen molar-refractivity contribution < 1.29 is 104 Å². The molecule has 7 fully saturated rings. The molecule has 2 unspecified atom stereocenters. The van der Waals surface area contributed by atoms with Gasteiger partial charge in [0, 0.05) is 60.1 Å².